The number of aryl methyl sites for hydroxylation is 1. The van der Waals surface area contributed by atoms with Crippen LogP contribution < -0.4 is 5.73 Å². The Bertz CT molecular complexity index is 793. The van der Waals surface area contributed by atoms with E-state index < -0.39 is 5.82 Å². The molecule has 114 valence electrons. The Morgan fingerprint density at radius 1 is 1.36 bits per heavy atom. The van der Waals surface area contributed by atoms with Gasteiger partial charge in [0.05, 0.1) is 26.2 Å². The van der Waals surface area contributed by atoms with E-state index in [9.17, 15) is 4.39 Å². The number of benzene rings is 1. The van der Waals surface area contributed by atoms with E-state index in [-0.39, 0.29) is 16.4 Å². The normalized spacial score (nSPS) is 11.1. The van der Waals surface area contributed by atoms with Crippen molar-refractivity contribution in [2.24, 2.45) is 5.73 Å². The highest BCUT2D eigenvalue weighted by Gasteiger charge is 2.18. The Balaban J connectivity index is 2.01. The molecule has 0 aliphatic heterocycles. The van der Waals surface area contributed by atoms with Gasteiger partial charge in [0.25, 0.3) is 0 Å². The second kappa shape index (κ2) is 6.12. The maximum atomic E-state index is 13.9. The van der Waals surface area contributed by atoms with Crippen LogP contribution >= 0.6 is 22.9 Å². The van der Waals surface area contributed by atoms with Gasteiger partial charge in [-0.25, -0.2) is 14.4 Å². The minimum Gasteiger partial charge on any atom is -0.330 e. The molecule has 1 aromatic carbocycles. The Kier molecular flexibility index (Phi) is 4.19. The highest BCUT2D eigenvalue weighted by atomic mass is 35.5. The SMILES string of the molecule is Cc1nc(CCN)sc1-c1nc(-c2c(F)cccc2Cl)n[nH]1. The molecule has 2 heterocycles. The number of rotatable bonds is 4. The first-order valence-electron chi connectivity index (χ1n) is 6.63. The number of nitrogens with one attached hydrogen (secondary N) is 1. The molecule has 0 atom stereocenters. The van der Waals surface area contributed by atoms with Crippen molar-refractivity contribution in [3.05, 3.63) is 39.7 Å². The average molecular weight is 338 g/mol. The van der Waals surface area contributed by atoms with Gasteiger partial charge >= 0.3 is 0 Å². The zero-order valence-corrected chi connectivity index (χ0v) is 13.3. The number of H-pyrrole nitrogens is 1. The quantitative estimate of drug-likeness (QED) is 0.766. The number of aromatic amines is 1. The lowest BCUT2D eigenvalue weighted by Gasteiger charge is -1.99. The van der Waals surface area contributed by atoms with Gasteiger partial charge in [-0.05, 0) is 25.6 Å². The Morgan fingerprint density at radius 3 is 2.91 bits per heavy atom. The first kappa shape index (κ1) is 15.1. The molecule has 0 spiro atoms. The van der Waals surface area contributed by atoms with E-state index in [1.807, 2.05) is 6.92 Å². The van der Waals surface area contributed by atoms with E-state index >= 15 is 0 Å². The molecule has 3 N–H and O–H groups in total. The van der Waals surface area contributed by atoms with Crippen LogP contribution in [-0.2, 0) is 6.42 Å². The minimum absolute atomic E-state index is 0.191. The third-order valence-electron chi connectivity index (χ3n) is 3.09. The van der Waals surface area contributed by atoms with Gasteiger partial charge in [0.15, 0.2) is 11.6 Å². The molecule has 2 aromatic heterocycles. The lowest BCUT2D eigenvalue weighted by atomic mass is 10.2. The smallest absolute Gasteiger partial charge is 0.185 e. The first-order chi connectivity index (χ1) is 10.6. The van der Waals surface area contributed by atoms with Gasteiger partial charge in [0, 0.05) is 6.42 Å². The molecule has 22 heavy (non-hydrogen) atoms. The van der Waals surface area contributed by atoms with Crippen LogP contribution in [0.1, 0.15) is 10.7 Å². The van der Waals surface area contributed by atoms with Gasteiger partial charge in [-0.3, -0.25) is 5.10 Å². The molecule has 8 heteroatoms. The molecular weight excluding hydrogens is 325 g/mol. The van der Waals surface area contributed by atoms with E-state index in [1.165, 1.54) is 17.4 Å². The summed E-state index contributed by atoms with van der Waals surface area (Å²) in [5, 5.41) is 8.11. The Morgan fingerprint density at radius 2 is 2.18 bits per heavy atom. The summed E-state index contributed by atoms with van der Waals surface area (Å²) >= 11 is 7.54. The lowest BCUT2D eigenvalue weighted by molar-refractivity contribution is 0.630. The molecule has 3 rings (SSSR count). The second-order valence-corrected chi connectivity index (χ2v) is 6.16. The van der Waals surface area contributed by atoms with Crippen molar-refractivity contribution in [1.82, 2.24) is 20.2 Å². The van der Waals surface area contributed by atoms with Gasteiger partial charge in [0.2, 0.25) is 0 Å². The van der Waals surface area contributed by atoms with Crippen molar-refractivity contribution in [3.63, 3.8) is 0 Å². The number of hydrogen-bond acceptors (Lipinski definition) is 5. The zero-order chi connectivity index (χ0) is 15.7. The standard InChI is InChI=1S/C14H13ClFN5S/c1-7-12(22-10(18-7)5-6-17)14-19-13(20-21-14)11-8(15)3-2-4-9(11)16/h2-4H,5-6,17H2,1H3,(H,19,20,21). The number of halogens is 2. The van der Waals surface area contributed by atoms with Crippen LogP contribution in [0.25, 0.3) is 22.1 Å². The van der Waals surface area contributed by atoms with Gasteiger partial charge in [-0.2, -0.15) is 5.10 Å². The van der Waals surface area contributed by atoms with E-state index in [0.717, 1.165) is 15.6 Å². The zero-order valence-electron chi connectivity index (χ0n) is 11.7. The lowest BCUT2D eigenvalue weighted by Crippen LogP contribution is -2.01. The van der Waals surface area contributed by atoms with E-state index in [0.29, 0.717) is 18.8 Å². The molecule has 0 fully saturated rings. The van der Waals surface area contributed by atoms with Gasteiger partial charge in [-0.15, -0.1) is 11.3 Å². The van der Waals surface area contributed by atoms with Crippen molar-refractivity contribution in [2.75, 3.05) is 6.54 Å². The molecule has 0 saturated heterocycles. The molecule has 0 bridgehead atoms. The summed E-state index contributed by atoms with van der Waals surface area (Å²) in [6, 6.07) is 4.48. The number of nitrogens with two attached hydrogens (primary N) is 1. The molecule has 0 radical (unpaired) electrons. The summed E-state index contributed by atoms with van der Waals surface area (Å²) in [7, 11) is 0. The van der Waals surface area contributed by atoms with Crippen LogP contribution in [0.2, 0.25) is 5.02 Å². The molecule has 0 saturated carbocycles. The summed E-state index contributed by atoms with van der Waals surface area (Å²) < 4.78 is 13.9. The molecule has 0 aliphatic carbocycles. The number of aromatic nitrogens is 4. The van der Waals surface area contributed by atoms with Gasteiger partial charge < -0.3 is 5.73 Å². The first-order valence-corrected chi connectivity index (χ1v) is 7.83. The van der Waals surface area contributed by atoms with Crippen LogP contribution in [-0.4, -0.2) is 26.7 Å². The molecule has 0 amide bonds. The van der Waals surface area contributed by atoms with E-state index in [1.54, 1.807) is 12.1 Å². The molecule has 0 unspecified atom stereocenters. The molecule has 5 nitrogen and oxygen atoms in total. The fourth-order valence-electron chi connectivity index (χ4n) is 2.09. The highest BCUT2D eigenvalue weighted by Crippen LogP contribution is 2.32. The fourth-order valence-corrected chi connectivity index (χ4v) is 3.36. The Labute approximate surface area is 135 Å². The monoisotopic (exact) mass is 337 g/mol. The summed E-state index contributed by atoms with van der Waals surface area (Å²) in [4.78, 5) is 9.67. The summed E-state index contributed by atoms with van der Waals surface area (Å²) in [6.45, 7) is 2.43. The summed E-state index contributed by atoms with van der Waals surface area (Å²) in [5.74, 6) is 0.321. The van der Waals surface area contributed by atoms with Crippen LogP contribution in [0.3, 0.4) is 0 Å². The van der Waals surface area contributed by atoms with Gasteiger partial charge in [-0.1, -0.05) is 17.7 Å². The minimum atomic E-state index is -0.456. The van der Waals surface area contributed by atoms with Crippen LogP contribution in [0, 0.1) is 12.7 Å². The van der Waals surface area contributed by atoms with Gasteiger partial charge in [0.1, 0.15) is 5.82 Å². The molecular formula is C14H13ClFN5S. The second-order valence-electron chi connectivity index (χ2n) is 4.67. The largest absolute Gasteiger partial charge is 0.330 e. The highest BCUT2D eigenvalue weighted by molar-refractivity contribution is 7.15. The predicted octanol–water partition coefficient (Wildman–Crippen LogP) is 3.20. The van der Waals surface area contributed by atoms with E-state index in [2.05, 4.69) is 20.2 Å². The maximum Gasteiger partial charge on any atom is 0.185 e. The number of thiazole rings is 1. The van der Waals surface area contributed by atoms with Crippen molar-refractivity contribution >= 4 is 22.9 Å². The maximum absolute atomic E-state index is 13.9. The van der Waals surface area contributed by atoms with Crippen LogP contribution in [0.4, 0.5) is 4.39 Å². The van der Waals surface area contributed by atoms with Crippen molar-refractivity contribution in [3.8, 4) is 22.1 Å². The molecule has 3 aromatic rings. The van der Waals surface area contributed by atoms with Crippen molar-refractivity contribution < 1.29 is 4.39 Å². The third-order valence-corrected chi connectivity index (χ3v) is 4.62. The van der Waals surface area contributed by atoms with E-state index in [4.69, 9.17) is 17.3 Å². The summed E-state index contributed by atoms with van der Waals surface area (Å²) in [6.07, 6.45) is 0.714. The van der Waals surface area contributed by atoms with Crippen LogP contribution in [0.5, 0.6) is 0 Å². The predicted molar refractivity (Wildman–Crippen MR) is 85.4 cm³/mol. The summed E-state index contributed by atoms with van der Waals surface area (Å²) in [5.41, 5.74) is 6.58. The average Bonchev–Trinajstić information content (AvgIpc) is 3.06. The fraction of sp³-hybridized carbons (Fsp3) is 0.214. The Hall–Kier alpha value is -1.83. The topological polar surface area (TPSA) is 80.5 Å². The van der Waals surface area contributed by atoms with Crippen molar-refractivity contribution in [1.29, 1.82) is 0 Å². The van der Waals surface area contributed by atoms with Crippen LogP contribution in [0.15, 0.2) is 18.2 Å². The molecule has 0 aliphatic rings. The number of hydrogen-bond donors (Lipinski definition) is 2. The third kappa shape index (κ3) is 2.75. The van der Waals surface area contributed by atoms with Crippen molar-refractivity contribution in [2.45, 2.75) is 13.3 Å². The number of nitrogens with zero attached hydrogens (tertiary/aromatic N) is 3.